The van der Waals surface area contributed by atoms with E-state index in [1.807, 2.05) is 0 Å². The number of hydrogen-bond donors (Lipinski definition) is 1. The van der Waals surface area contributed by atoms with Crippen molar-refractivity contribution in [2.75, 3.05) is 19.8 Å². The van der Waals surface area contributed by atoms with Crippen molar-refractivity contribution in [3.05, 3.63) is 11.5 Å². The molecule has 6 nitrogen and oxygen atoms in total. The molecule has 0 saturated carbocycles. The molecule has 0 rings (SSSR count). The van der Waals surface area contributed by atoms with Crippen molar-refractivity contribution in [2.45, 2.75) is 59.3 Å². The fourth-order valence-corrected chi connectivity index (χ4v) is 1.84. The highest BCUT2D eigenvalue weighted by Gasteiger charge is 2.25. The van der Waals surface area contributed by atoms with Gasteiger partial charge in [0.15, 0.2) is 0 Å². The number of hydrogen-bond acceptors (Lipinski definition) is 5. The van der Waals surface area contributed by atoms with Crippen LogP contribution in [-0.2, 0) is 23.8 Å². The third kappa shape index (κ3) is 8.54. The molecule has 0 aromatic rings. The van der Waals surface area contributed by atoms with Gasteiger partial charge < -0.3 is 19.3 Å². The van der Waals surface area contributed by atoms with Gasteiger partial charge in [0.25, 0.3) is 11.5 Å². The van der Waals surface area contributed by atoms with Gasteiger partial charge in [-0.2, -0.15) is 0 Å². The molecule has 22 heavy (non-hydrogen) atoms. The summed E-state index contributed by atoms with van der Waals surface area (Å²) in [5.74, 6) is -3.01. The maximum absolute atomic E-state index is 11.9. The molecule has 128 valence electrons. The predicted molar refractivity (Wildman–Crippen MR) is 82.2 cm³/mol. The Kier molecular flexibility index (Phi) is 12.0. The quantitative estimate of drug-likeness (QED) is 0.243. The second kappa shape index (κ2) is 13.0. The maximum atomic E-state index is 11.9. The Labute approximate surface area is 132 Å². The Bertz CT molecular complexity index is 362. The number of aliphatic carboxylic acids is 1. The van der Waals surface area contributed by atoms with Gasteiger partial charge in [0.05, 0.1) is 19.8 Å². The molecule has 1 N–H and O–H groups in total. The normalized spacial score (nSPS) is 11.6. The van der Waals surface area contributed by atoms with Gasteiger partial charge in [0.1, 0.15) is 0 Å². The van der Waals surface area contributed by atoms with Crippen LogP contribution in [0.1, 0.15) is 59.3 Å². The third-order valence-electron chi connectivity index (χ3n) is 2.89. The van der Waals surface area contributed by atoms with Crippen molar-refractivity contribution < 1.29 is 28.9 Å². The van der Waals surface area contributed by atoms with Crippen LogP contribution in [0.25, 0.3) is 0 Å². The lowest BCUT2D eigenvalue weighted by Gasteiger charge is -2.12. The molecular weight excluding hydrogens is 288 g/mol. The van der Waals surface area contributed by atoms with Crippen molar-refractivity contribution in [3.8, 4) is 0 Å². The molecule has 0 radical (unpaired) electrons. The number of carboxylic acids is 1. The SMILES string of the molecule is CCCCCCCCOC(=O)C(OCC)=C(OCC)C(=O)O. The summed E-state index contributed by atoms with van der Waals surface area (Å²) in [6.07, 6.45) is 6.44. The lowest BCUT2D eigenvalue weighted by molar-refractivity contribution is -0.146. The second-order valence-electron chi connectivity index (χ2n) is 4.73. The minimum atomic E-state index is -1.35. The Morgan fingerprint density at radius 1 is 0.773 bits per heavy atom. The highest BCUT2D eigenvalue weighted by Crippen LogP contribution is 2.12. The van der Waals surface area contributed by atoms with E-state index in [1.54, 1.807) is 13.8 Å². The number of carbonyl (C=O) groups excluding carboxylic acids is 1. The molecule has 0 aromatic carbocycles. The van der Waals surface area contributed by atoms with E-state index in [4.69, 9.17) is 19.3 Å². The topological polar surface area (TPSA) is 82.1 Å². The van der Waals surface area contributed by atoms with Crippen LogP contribution in [0.15, 0.2) is 11.5 Å². The largest absolute Gasteiger partial charge is 0.484 e. The van der Waals surface area contributed by atoms with Crippen molar-refractivity contribution in [2.24, 2.45) is 0 Å². The molecule has 0 unspecified atom stereocenters. The lowest BCUT2D eigenvalue weighted by Crippen LogP contribution is -2.19. The summed E-state index contributed by atoms with van der Waals surface area (Å²) in [6.45, 7) is 5.98. The number of rotatable bonds is 13. The smallest absolute Gasteiger partial charge is 0.377 e. The first kappa shape index (κ1) is 20.3. The first-order chi connectivity index (χ1) is 10.6. The number of carboxylic acid groups (broad SMARTS) is 1. The van der Waals surface area contributed by atoms with E-state index in [0.29, 0.717) is 0 Å². The van der Waals surface area contributed by atoms with Crippen LogP contribution in [0.5, 0.6) is 0 Å². The summed E-state index contributed by atoms with van der Waals surface area (Å²) in [4.78, 5) is 23.1. The number of esters is 1. The van der Waals surface area contributed by atoms with Gasteiger partial charge in [0, 0.05) is 0 Å². The summed E-state index contributed by atoms with van der Waals surface area (Å²) >= 11 is 0. The van der Waals surface area contributed by atoms with E-state index in [2.05, 4.69) is 6.92 Å². The van der Waals surface area contributed by atoms with Gasteiger partial charge in [-0.25, -0.2) is 9.59 Å². The van der Waals surface area contributed by atoms with E-state index in [1.165, 1.54) is 19.3 Å². The zero-order valence-electron chi connectivity index (χ0n) is 13.9. The fraction of sp³-hybridized carbons (Fsp3) is 0.750. The highest BCUT2D eigenvalue weighted by atomic mass is 16.6. The minimum Gasteiger partial charge on any atom is -0.484 e. The lowest BCUT2D eigenvalue weighted by atomic mass is 10.1. The molecule has 0 bridgehead atoms. The standard InChI is InChI=1S/C16H28O6/c1-4-7-8-9-10-11-12-22-16(19)14(21-6-3)13(15(17)18)20-5-2/h4-12H2,1-3H3,(H,17,18). The Morgan fingerprint density at radius 2 is 1.32 bits per heavy atom. The Balaban J connectivity index is 4.41. The van der Waals surface area contributed by atoms with E-state index < -0.39 is 17.7 Å². The molecule has 0 amide bonds. The van der Waals surface area contributed by atoms with E-state index in [-0.39, 0.29) is 25.6 Å². The van der Waals surface area contributed by atoms with Crippen molar-refractivity contribution >= 4 is 11.9 Å². The highest BCUT2D eigenvalue weighted by molar-refractivity contribution is 5.96. The monoisotopic (exact) mass is 316 g/mol. The minimum absolute atomic E-state index is 0.128. The molecule has 6 heteroatoms. The molecule has 0 heterocycles. The van der Waals surface area contributed by atoms with Crippen LogP contribution in [0, 0.1) is 0 Å². The van der Waals surface area contributed by atoms with Crippen molar-refractivity contribution in [3.63, 3.8) is 0 Å². The molecule has 0 aromatic heterocycles. The molecular formula is C16H28O6. The van der Waals surface area contributed by atoms with Gasteiger partial charge in [-0.05, 0) is 20.3 Å². The summed E-state index contributed by atoms with van der Waals surface area (Å²) < 4.78 is 15.1. The molecule has 0 spiro atoms. The molecule has 0 saturated heterocycles. The van der Waals surface area contributed by atoms with Gasteiger partial charge >= 0.3 is 11.9 Å². The van der Waals surface area contributed by atoms with Crippen LogP contribution >= 0.6 is 0 Å². The molecule has 0 aliphatic heterocycles. The van der Waals surface area contributed by atoms with E-state index in [9.17, 15) is 9.59 Å². The fourth-order valence-electron chi connectivity index (χ4n) is 1.84. The summed E-state index contributed by atoms with van der Waals surface area (Å²) in [6, 6.07) is 0. The Morgan fingerprint density at radius 3 is 1.86 bits per heavy atom. The van der Waals surface area contributed by atoms with Crippen LogP contribution in [-0.4, -0.2) is 36.9 Å². The number of carbonyl (C=O) groups is 2. The Hall–Kier alpha value is -1.72. The van der Waals surface area contributed by atoms with Crippen LogP contribution in [0.2, 0.25) is 0 Å². The van der Waals surface area contributed by atoms with Gasteiger partial charge in [0.2, 0.25) is 0 Å². The predicted octanol–water partition coefficient (Wildman–Crippen LogP) is 3.26. The summed E-state index contributed by atoms with van der Waals surface area (Å²) in [5.41, 5.74) is 0. The number of ether oxygens (including phenoxy) is 3. The van der Waals surface area contributed by atoms with E-state index in [0.717, 1.165) is 19.3 Å². The van der Waals surface area contributed by atoms with Crippen molar-refractivity contribution in [1.29, 1.82) is 0 Å². The molecule has 0 atom stereocenters. The zero-order chi connectivity index (χ0) is 16.8. The molecule has 0 aliphatic carbocycles. The van der Waals surface area contributed by atoms with Crippen molar-refractivity contribution in [1.82, 2.24) is 0 Å². The second-order valence-corrected chi connectivity index (χ2v) is 4.73. The number of unbranched alkanes of at least 4 members (excludes halogenated alkanes) is 5. The summed E-state index contributed by atoms with van der Waals surface area (Å²) in [7, 11) is 0. The van der Waals surface area contributed by atoms with Crippen LogP contribution < -0.4 is 0 Å². The average Bonchev–Trinajstić information content (AvgIpc) is 2.49. The molecule has 0 fully saturated rings. The average molecular weight is 316 g/mol. The first-order valence-corrected chi connectivity index (χ1v) is 7.98. The molecule has 0 aliphatic rings. The van der Waals surface area contributed by atoms with Gasteiger partial charge in [-0.15, -0.1) is 0 Å². The zero-order valence-corrected chi connectivity index (χ0v) is 13.9. The van der Waals surface area contributed by atoms with Gasteiger partial charge in [-0.1, -0.05) is 39.0 Å². The van der Waals surface area contributed by atoms with Gasteiger partial charge in [-0.3, -0.25) is 0 Å². The van der Waals surface area contributed by atoms with Crippen LogP contribution in [0.4, 0.5) is 0 Å². The maximum Gasteiger partial charge on any atom is 0.377 e. The van der Waals surface area contributed by atoms with E-state index >= 15 is 0 Å². The first-order valence-electron chi connectivity index (χ1n) is 7.98. The van der Waals surface area contributed by atoms with Crippen LogP contribution in [0.3, 0.4) is 0 Å². The summed E-state index contributed by atoms with van der Waals surface area (Å²) in [5, 5.41) is 9.07. The third-order valence-corrected chi connectivity index (χ3v) is 2.89.